The second-order valence-electron chi connectivity index (χ2n) is 10.2. The first kappa shape index (κ1) is 29.4. The van der Waals surface area contributed by atoms with Gasteiger partial charge in [0, 0.05) is 28.4 Å². The van der Waals surface area contributed by atoms with Crippen LogP contribution in [-0.2, 0) is 0 Å². The topological polar surface area (TPSA) is 7.60 Å². The van der Waals surface area contributed by atoms with E-state index in [1.165, 1.54) is 136 Å². The lowest BCUT2D eigenvalue weighted by molar-refractivity contribution is 0.555. The summed E-state index contributed by atoms with van der Waals surface area (Å²) in [6.07, 6.45) is 24.0. The number of fused-ring (bicyclic) bond motifs is 1. The summed E-state index contributed by atoms with van der Waals surface area (Å²) < 4.78 is 1.34. The van der Waals surface area contributed by atoms with Gasteiger partial charge in [-0.15, -0.1) is 11.3 Å². The van der Waals surface area contributed by atoms with Crippen LogP contribution in [0.1, 0.15) is 128 Å². The lowest BCUT2D eigenvalue weighted by Crippen LogP contribution is -2.25. The molecule has 3 heteroatoms. The molecule has 2 nitrogen and oxygen atoms in total. The summed E-state index contributed by atoms with van der Waals surface area (Å²) in [4.78, 5) is 7.38. The maximum Gasteiger partial charge on any atom is 0.163 e. The maximum atomic E-state index is 7.21. The molecule has 0 spiro atoms. The van der Waals surface area contributed by atoms with E-state index in [1.54, 1.807) is 0 Å². The van der Waals surface area contributed by atoms with Gasteiger partial charge in [0.25, 0.3) is 0 Å². The molecular formula is C32H50N2S. The molecule has 2 rings (SSSR count). The maximum absolute atomic E-state index is 7.21. The molecule has 0 fully saturated rings. The Balaban J connectivity index is 1.91. The molecule has 0 bridgehead atoms. The van der Waals surface area contributed by atoms with Gasteiger partial charge in [-0.3, -0.25) is 0 Å². The van der Waals surface area contributed by atoms with Crippen molar-refractivity contribution in [3.8, 4) is 0 Å². The number of hydrogen-bond acceptors (Lipinski definition) is 2. The van der Waals surface area contributed by atoms with Crippen LogP contribution in [0.5, 0.6) is 0 Å². The number of nitrogens with zero attached hydrogens (tertiary/aromatic N) is 2. The van der Waals surface area contributed by atoms with Gasteiger partial charge in [0.15, 0.2) is 5.70 Å². The molecule has 0 atom stereocenters. The van der Waals surface area contributed by atoms with Crippen molar-refractivity contribution in [3.05, 3.63) is 46.3 Å². The number of thiophene rings is 1. The number of hydrogen-bond donors (Lipinski definition) is 0. The molecule has 0 saturated heterocycles. The standard InChI is InChI=1S/C32H50N2S/c1-5-7-9-11-13-15-17-19-23-34(24-20-18-16-14-12-10-8-6-2)30-22-21-29-26-31(25-28(3)33-4)35-32(29)27-30/h21-22,25-27H,5-20,23-24H2,1-3H3/b28-25-. The highest BCUT2D eigenvalue weighted by Gasteiger charge is 2.09. The van der Waals surface area contributed by atoms with Crippen LogP contribution < -0.4 is 4.90 Å². The lowest BCUT2D eigenvalue weighted by Gasteiger charge is -2.25. The first-order valence-electron chi connectivity index (χ1n) is 14.5. The molecule has 0 unspecified atom stereocenters. The summed E-state index contributed by atoms with van der Waals surface area (Å²) in [7, 11) is 0. The fourth-order valence-corrected chi connectivity index (χ4v) is 5.88. The summed E-state index contributed by atoms with van der Waals surface area (Å²) in [6, 6.07) is 9.21. The Labute approximate surface area is 220 Å². The van der Waals surface area contributed by atoms with Crippen molar-refractivity contribution in [2.45, 2.75) is 124 Å². The zero-order valence-corrected chi connectivity index (χ0v) is 23.7. The number of rotatable bonds is 20. The number of benzene rings is 1. The minimum Gasteiger partial charge on any atom is -0.371 e. The Hall–Kier alpha value is -1.79. The highest BCUT2D eigenvalue weighted by molar-refractivity contribution is 7.19. The van der Waals surface area contributed by atoms with E-state index in [4.69, 9.17) is 6.57 Å². The SMILES string of the molecule is [C-]#[N+]/C(C)=C\c1cc2ccc(N(CCCCCCCCCC)CCCCCCCCCC)cc2s1. The fourth-order valence-electron chi connectivity index (χ4n) is 4.79. The Kier molecular flexibility index (Phi) is 15.5. The van der Waals surface area contributed by atoms with Gasteiger partial charge in [0.05, 0.1) is 6.57 Å². The van der Waals surface area contributed by atoms with E-state index in [2.05, 4.69) is 47.9 Å². The molecule has 1 heterocycles. The van der Waals surface area contributed by atoms with Gasteiger partial charge in [-0.05, 0) is 49.4 Å². The first-order valence-corrected chi connectivity index (χ1v) is 15.3. The van der Waals surface area contributed by atoms with E-state index in [9.17, 15) is 0 Å². The van der Waals surface area contributed by atoms with E-state index >= 15 is 0 Å². The highest BCUT2D eigenvalue weighted by Crippen LogP contribution is 2.31. The van der Waals surface area contributed by atoms with Gasteiger partial charge in [-0.1, -0.05) is 110 Å². The van der Waals surface area contributed by atoms with Gasteiger partial charge in [0.1, 0.15) is 0 Å². The van der Waals surface area contributed by atoms with Crippen LogP contribution in [0, 0.1) is 6.57 Å². The Morgan fingerprint density at radius 2 is 1.29 bits per heavy atom. The second-order valence-corrected chi connectivity index (χ2v) is 11.3. The third-order valence-corrected chi connectivity index (χ3v) is 8.02. The number of unbranched alkanes of at least 4 members (excludes halogenated alkanes) is 14. The monoisotopic (exact) mass is 494 g/mol. The number of allylic oxidation sites excluding steroid dienone is 1. The molecule has 0 saturated carbocycles. The average Bonchev–Trinajstić information content (AvgIpc) is 3.27. The summed E-state index contributed by atoms with van der Waals surface area (Å²) in [6.45, 7) is 16.0. The molecule has 0 aliphatic rings. The van der Waals surface area contributed by atoms with E-state index in [0.717, 1.165) is 5.70 Å². The smallest absolute Gasteiger partial charge is 0.163 e. The molecule has 194 valence electrons. The number of anilines is 1. The highest BCUT2D eigenvalue weighted by atomic mass is 32.1. The molecule has 1 aromatic carbocycles. The minimum absolute atomic E-state index is 0.753. The van der Waals surface area contributed by atoms with Gasteiger partial charge < -0.3 is 4.90 Å². The van der Waals surface area contributed by atoms with Crippen LogP contribution in [0.4, 0.5) is 5.69 Å². The normalized spacial score (nSPS) is 11.8. The Bertz CT molecular complexity index is 869. The van der Waals surface area contributed by atoms with Gasteiger partial charge in [-0.25, -0.2) is 4.85 Å². The van der Waals surface area contributed by atoms with E-state index < -0.39 is 0 Å². The van der Waals surface area contributed by atoms with Crippen LogP contribution in [0.2, 0.25) is 0 Å². The van der Waals surface area contributed by atoms with Gasteiger partial charge in [0.2, 0.25) is 0 Å². The van der Waals surface area contributed by atoms with Crippen molar-refractivity contribution in [2.24, 2.45) is 0 Å². The quantitative estimate of drug-likeness (QED) is 0.131. The van der Waals surface area contributed by atoms with Crippen molar-refractivity contribution in [1.29, 1.82) is 0 Å². The van der Waals surface area contributed by atoms with Crippen LogP contribution >= 0.6 is 11.3 Å². The van der Waals surface area contributed by atoms with E-state index in [-0.39, 0.29) is 0 Å². The molecule has 0 aliphatic carbocycles. The minimum atomic E-state index is 0.753. The van der Waals surface area contributed by atoms with Crippen LogP contribution in [0.15, 0.2) is 30.0 Å². The average molecular weight is 495 g/mol. The largest absolute Gasteiger partial charge is 0.371 e. The zero-order chi connectivity index (χ0) is 25.1. The third-order valence-electron chi connectivity index (χ3n) is 6.98. The van der Waals surface area contributed by atoms with Crippen LogP contribution in [-0.4, -0.2) is 13.1 Å². The van der Waals surface area contributed by atoms with Crippen LogP contribution in [0.25, 0.3) is 21.0 Å². The predicted molar refractivity (Wildman–Crippen MR) is 160 cm³/mol. The molecule has 0 radical (unpaired) electrons. The van der Waals surface area contributed by atoms with Crippen molar-refractivity contribution >= 4 is 33.2 Å². The molecule has 0 amide bonds. The lowest BCUT2D eigenvalue weighted by atomic mass is 10.1. The van der Waals surface area contributed by atoms with Gasteiger partial charge >= 0.3 is 0 Å². The van der Waals surface area contributed by atoms with E-state index in [0.29, 0.717) is 0 Å². The summed E-state index contributed by atoms with van der Waals surface area (Å²) in [5.74, 6) is 0. The van der Waals surface area contributed by atoms with Crippen molar-refractivity contribution < 1.29 is 0 Å². The molecular weight excluding hydrogens is 444 g/mol. The predicted octanol–water partition coefficient (Wildman–Crippen LogP) is 11.3. The molecule has 1 aromatic heterocycles. The molecule has 0 N–H and O–H groups in total. The molecule has 2 aromatic rings. The van der Waals surface area contributed by atoms with Crippen molar-refractivity contribution in [3.63, 3.8) is 0 Å². The van der Waals surface area contributed by atoms with Crippen molar-refractivity contribution in [2.75, 3.05) is 18.0 Å². The van der Waals surface area contributed by atoms with E-state index in [1.807, 2.05) is 24.3 Å². The molecule has 0 aliphatic heterocycles. The summed E-state index contributed by atoms with van der Waals surface area (Å²) >= 11 is 1.81. The Morgan fingerprint density at radius 3 is 1.80 bits per heavy atom. The summed E-state index contributed by atoms with van der Waals surface area (Å²) in [5, 5.41) is 1.29. The first-order chi connectivity index (χ1) is 17.2. The van der Waals surface area contributed by atoms with Gasteiger partial charge in [-0.2, -0.15) is 0 Å². The van der Waals surface area contributed by atoms with Crippen LogP contribution in [0.3, 0.4) is 0 Å². The van der Waals surface area contributed by atoms with Crippen molar-refractivity contribution in [1.82, 2.24) is 0 Å². The zero-order valence-electron chi connectivity index (χ0n) is 22.9. The second kappa shape index (κ2) is 18.5. The Morgan fingerprint density at radius 1 is 0.771 bits per heavy atom. The fraction of sp³-hybridized carbons (Fsp3) is 0.656. The third kappa shape index (κ3) is 12.1. The molecule has 35 heavy (non-hydrogen) atoms. The summed E-state index contributed by atoms with van der Waals surface area (Å²) in [5.41, 5.74) is 2.13.